The van der Waals surface area contributed by atoms with Gasteiger partial charge in [-0.25, -0.2) is 4.79 Å². The first-order chi connectivity index (χ1) is 11.1. The molecule has 2 amide bonds. The number of fused-ring (bicyclic) bond motifs is 1. The van der Waals surface area contributed by atoms with Crippen LogP contribution in [0.2, 0.25) is 5.02 Å². The average Bonchev–Trinajstić information content (AvgIpc) is 2.53. The smallest absolute Gasteiger partial charge is 0.319 e. The summed E-state index contributed by atoms with van der Waals surface area (Å²) in [7, 11) is 0. The highest BCUT2D eigenvalue weighted by Gasteiger charge is 2.06. The maximum atomic E-state index is 12.0. The fourth-order valence-electron chi connectivity index (χ4n) is 2.24. The van der Waals surface area contributed by atoms with Crippen LogP contribution in [0.4, 0.5) is 10.5 Å². The second-order valence-corrected chi connectivity index (χ2v) is 5.47. The molecular formula is C17H14ClN3O2. The van der Waals surface area contributed by atoms with Gasteiger partial charge in [0.1, 0.15) is 0 Å². The van der Waals surface area contributed by atoms with E-state index in [2.05, 4.69) is 15.6 Å². The molecule has 2 aromatic carbocycles. The van der Waals surface area contributed by atoms with Crippen molar-refractivity contribution in [2.24, 2.45) is 0 Å². The molecule has 3 aromatic rings. The van der Waals surface area contributed by atoms with Gasteiger partial charge in [-0.05, 0) is 35.7 Å². The number of amides is 2. The fraction of sp³-hybridized carbons (Fsp3) is 0.0588. The van der Waals surface area contributed by atoms with E-state index in [-0.39, 0.29) is 12.1 Å². The second-order valence-electron chi connectivity index (χ2n) is 5.03. The zero-order valence-electron chi connectivity index (χ0n) is 12.1. The summed E-state index contributed by atoms with van der Waals surface area (Å²) in [5, 5.41) is 6.77. The van der Waals surface area contributed by atoms with Gasteiger partial charge in [-0.3, -0.25) is 4.79 Å². The molecule has 0 unspecified atom stereocenters. The normalized spacial score (nSPS) is 10.5. The predicted molar refractivity (Wildman–Crippen MR) is 91.9 cm³/mol. The van der Waals surface area contributed by atoms with Gasteiger partial charge in [0.15, 0.2) is 0 Å². The Morgan fingerprint density at radius 1 is 1.09 bits per heavy atom. The quantitative estimate of drug-likeness (QED) is 0.688. The Labute approximate surface area is 137 Å². The number of nitrogens with one attached hydrogen (secondary N) is 3. The number of rotatable bonds is 3. The van der Waals surface area contributed by atoms with E-state index < -0.39 is 6.03 Å². The molecule has 3 rings (SSSR count). The number of hydrogen-bond acceptors (Lipinski definition) is 2. The van der Waals surface area contributed by atoms with Crippen molar-refractivity contribution in [3.05, 3.63) is 75.5 Å². The van der Waals surface area contributed by atoms with Crippen molar-refractivity contribution >= 4 is 34.2 Å². The molecule has 3 N–H and O–H groups in total. The number of aromatic amines is 1. The van der Waals surface area contributed by atoms with E-state index in [0.29, 0.717) is 16.3 Å². The number of aromatic nitrogens is 1. The van der Waals surface area contributed by atoms with Crippen molar-refractivity contribution < 1.29 is 4.79 Å². The van der Waals surface area contributed by atoms with Gasteiger partial charge >= 0.3 is 6.03 Å². The van der Waals surface area contributed by atoms with E-state index in [9.17, 15) is 9.59 Å². The van der Waals surface area contributed by atoms with Gasteiger partial charge in [0.2, 0.25) is 0 Å². The lowest BCUT2D eigenvalue weighted by molar-refractivity contribution is 0.251. The lowest BCUT2D eigenvalue weighted by Gasteiger charge is -2.08. The summed E-state index contributed by atoms with van der Waals surface area (Å²) in [6.07, 6.45) is 0. The molecule has 0 aliphatic carbocycles. The summed E-state index contributed by atoms with van der Waals surface area (Å²) in [4.78, 5) is 26.7. The molecule has 0 bridgehead atoms. The van der Waals surface area contributed by atoms with Crippen LogP contribution in [0.5, 0.6) is 0 Å². The van der Waals surface area contributed by atoms with E-state index in [4.69, 9.17) is 11.6 Å². The van der Waals surface area contributed by atoms with Crippen LogP contribution >= 0.6 is 11.6 Å². The van der Waals surface area contributed by atoms with Crippen LogP contribution in [0.25, 0.3) is 10.9 Å². The van der Waals surface area contributed by atoms with Crippen molar-refractivity contribution in [3.63, 3.8) is 0 Å². The highest BCUT2D eigenvalue weighted by atomic mass is 35.5. The van der Waals surface area contributed by atoms with E-state index >= 15 is 0 Å². The Kier molecular flexibility index (Phi) is 4.30. The van der Waals surface area contributed by atoms with Gasteiger partial charge in [0.25, 0.3) is 5.56 Å². The minimum absolute atomic E-state index is 0.132. The molecule has 1 aromatic heterocycles. The van der Waals surface area contributed by atoms with Crippen LogP contribution in [-0.4, -0.2) is 11.0 Å². The standard InChI is InChI=1S/C17H14ClN3O2/c18-13-5-3-6-14(9-13)20-17(23)19-10-12-8-11-4-1-2-7-15(11)21-16(12)22/h1-9H,10H2,(H,21,22)(H2,19,20,23). The number of hydrogen-bond donors (Lipinski definition) is 3. The molecule has 0 aliphatic heterocycles. The molecule has 0 saturated heterocycles. The fourth-order valence-corrected chi connectivity index (χ4v) is 2.43. The average molecular weight is 328 g/mol. The minimum atomic E-state index is -0.403. The first kappa shape index (κ1) is 15.1. The minimum Gasteiger partial charge on any atom is -0.334 e. The molecule has 5 nitrogen and oxygen atoms in total. The number of H-pyrrole nitrogens is 1. The van der Waals surface area contributed by atoms with Crippen LogP contribution in [-0.2, 0) is 6.54 Å². The molecule has 0 fully saturated rings. The third kappa shape index (κ3) is 3.70. The van der Waals surface area contributed by atoms with E-state index in [1.165, 1.54) is 0 Å². The van der Waals surface area contributed by atoms with Gasteiger partial charge < -0.3 is 15.6 Å². The number of halogens is 1. The summed E-state index contributed by atoms with van der Waals surface area (Å²) in [5.41, 5.74) is 1.63. The van der Waals surface area contributed by atoms with Crippen molar-refractivity contribution in [1.82, 2.24) is 10.3 Å². The third-order valence-electron chi connectivity index (χ3n) is 3.35. The van der Waals surface area contributed by atoms with Crippen molar-refractivity contribution in [2.75, 3.05) is 5.32 Å². The molecule has 0 saturated carbocycles. The van der Waals surface area contributed by atoms with Crippen LogP contribution in [0.1, 0.15) is 5.56 Å². The SMILES string of the molecule is O=C(NCc1cc2ccccc2[nH]c1=O)Nc1cccc(Cl)c1. The number of urea groups is 1. The molecule has 0 atom stereocenters. The van der Waals surface area contributed by atoms with Crippen LogP contribution in [0.15, 0.2) is 59.4 Å². The van der Waals surface area contributed by atoms with Crippen molar-refractivity contribution in [2.45, 2.75) is 6.54 Å². The first-order valence-electron chi connectivity index (χ1n) is 7.03. The van der Waals surface area contributed by atoms with E-state index in [1.807, 2.05) is 24.3 Å². The third-order valence-corrected chi connectivity index (χ3v) is 3.59. The van der Waals surface area contributed by atoms with Crippen molar-refractivity contribution in [1.29, 1.82) is 0 Å². The number of carbonyl (C=O) groups is 1. The molecule has 6 heteroatoms. The zero-order valence-corrected chi connectivity index (χ0v) is 12.9. The highest BCUT2D eigenvalue weighted by Crippen LogP contribution is 2.14. The summed E-state index contributed by atoms with van der Waals surface area (Å²) in [6.45, 7) is 0.132. The van der Waals surface area contributed by atoms with E-state index in [1.54, 1.807) is 30.3 Å². The second kappa shape index (κ2) is 6.54. The lowest BCUT2D eigenvalue weighted by atomic mass is 10.1. The largest absolute Gasteiger partial charge is 0.334 e. The Balaban J connectivity index is 1.69. The number of carbonyl (C=O) groups excluding carboxylic acids is 1. The summed E-state index contributed by atoms with van der Waals surface area (Å²) < 4.78 is 0. The summed E-state index contributed by atoms with van der Waals surface area (Å²) >= 11 is 5.86. The molecule has 0 aliphatic rings. The van der Waals surface area contributed by atoms with Gasteiger partial charge in [-0.2, -0.15) is 0 Å². The number of para-hydroxylation sites is 1. The zero-order chi connectivity index (χ0) is 16.2. The van der Waals surface area contributed by atoms with Crippen LogP contribution in [0, 0.1) is 0 Å². The topological polar surface area (TPSA) is 74.0 Å². The van der Waals surface area contributed by atoms with Crippen LogP contribution in [0.3, 0.4) is 0 Å². The molecule has 23 heavy (non-hydrogen) atoms. The van der Waals surface area contributed by atoms with Crippen molar-refractivity contribution in [3.8, 4) is 0 Å². The molecular weight excluding hydrogens is 314 g/mol. The Hall–Kier alpha value is -2.79. The Morgan fingerprint density at radius 2 is 1.91 bits per heavy atom. The Bertz CT molecular complexity index is 921. The summed E-state index contributed by atoms with van der Waals surface area (Å²) in [5.74, 6) is 0. The first-order valence-corrected chi connectivity index (χ1v) is 7.41. The summed E-state index contributed by atoms with van der Waals surface area (Å²) in [6, 6.07) is 15.7. The van der Waals surface area contributed by atoms with Crippen LogP contribution < -0.4 is 16.2 Å². The predicted octanol–water partition coefficient (Wildman–Crippen LogP) is 3.50. The maximum absolute atomic E-state index is 12.0. The van der Waals surface area contributed by atoms with Gasteiger partial charge in [-0.1, -0.05) is 35.9 Å². The molecule has 1 heterocycles. The number of benzene rings is 2. The maximum Gasteiger partial charge on any atom is 0.319 e. The van der Waals surface area contributed by atoms with Gasteiger partial charge in [0, 0.05) is 28.3 Å². The molecule has 116 valence electrons. The molecule has 0 radical (unpaired) electrons. The monoisotopic (exact) mass is 327 g/mol. The number of anilines is 1. The number of pyridine rings is 1. The van der Waals surface area contributed by atoms with Gasteiger partial charge in [0.05, 0.1) is 0 Å². The highest BCUT2D eigenvalue weighted by molar-refractivity contribution is 6.30. The molecule has 0 spiro atoms. The van der Waals surface area contributed by atoms with Gasteiger partial charge in [-0.15, -0.1) is 0 Å². The Morgan fingerprint density at radius 3 is 2.74 bits per heavy atom. The lowest BCUT2D eigenvalue weighted by Crippen LogP contribution is -2.30. The van der Waals surface area contributed by atoms with E-state index in [0.717, 1.165) is 10.9 Å².